The van der Waals surface area contributed by atoms with Gasteiger partial charge in [-0.1, -0.05) is 38.1 Å². The van der Waals surface area contributed by atoms with Gasteiger partial charge in [0, 0.05) is 0 Å². The molecule has 0 spiro atoms. The van der Waals surface area contributed by atoms with Crippen LogP contribution in [-0.2, 0) is 20.7 Å². The van der Waals surface area contributed by atoms with Crippen molar-refractivity contribution in [2.24, 2.45) is 17.6 Å². The van der Waals surface area contributed by atoms with Crippen LogP contribution in [0.2, 0.25) is 0 Å². The highest BCUT2D eigenvalue weighted by molar-refractivity contribution is 5.84. The van der Waals surface area contributed by atoms with Crippen LogP contribution in [0.5, 0.6) is 0 Å². The van der Waals surface area contributed by atoms with E-state index in [4.69, 9.17) is 10.5 Å². The van der Waals surface area contributed by atoms with Crippen LogP contribution >= 0.6 is 0 Å². The topological polar surface area (TPSA) is 81.4 Å². The lowest BCUT2D eigenvalue weighted by atomic mass is 9.74. The zero-order valence-corrected chi connectivity index (χ0v) is 14.3. The summed E-state index contributed by atoms with van der Waals surface area (Å²) in [5.74, 6) is 0.253. The van der Waals surface area contributed by atoms with Crippen LogP contribution in [0, 0.1) is 11.8 Å². The van der Waals surface area contributed by atoms with Crippen LogP contribution in [-0.4, -0.2) is 24.0 Å². The van der Waals surface area contributed by atoms with Gasteiger partial charge in [-0.2, -0.15) is 0 Å². The molecule has 1 fully saturated rings. The van der Waals surface area contributed by atoms with Crippen molar-refractivity contribution >= 4 is 11.8 Å². The summed E-state index contributed by atoms with van der Waals surface area (Å²) in [4.78, 5) is 23.9. The number of nitrogens with two attached hydrogens (primary N) is 1. The molecule has 1 heterocycles. The second-order valence-electron chi connectivity index (χ2n) is 7.22. The van der Waals surface area contributed by atoms with E-state index in [1.54, 1.807) is 0 Å². The van der Waals surface area contributed by atoms with Crippen molar-refractivity contribution in [2.45, 2.75) is 57.8 Å². The lowest BCUT2D eigenvalue weighted by molar-refractivity contribution is -0.138. The molecule has 4 atom stereocenters. The Bertz CT molecular complexity index is 629. The molecule has 2 aliphatic rings. The summed E-state index contributed by atoms with van der Waals surface area (Å²) >= 11 is 0. The van der Waals surface area contributed by atoms with E-state index in [0.29, 0.717) is 24.7 Å². The lowest BCUT2D eigenvalue weighted by Gasteiger charge is -2.37. The van der Waals surface area contributed by atoms with E-state index in [1.807, 2.05) is 12.1 Å². The van der Waals surface area contributed by atoms with Gasteiger partial charge in [0.2, 0.25) is 11.8 Å². The van der Waals surface area contributed by atoms with Crippen LogP contribution in [0.25, 0.3) is 0 Å². The Balaban J connectivity index is 1.76. The molecule has 1 aromatic carbocycles. The molecule has 130 valence electrons. The van der Waals surface area contributed by atoms with Gasteiger partial charge in [-0.05, 0) is 48.6 Å². The zero-order chi connectivity index (χ0) is 17.3. The number of benzene rings is 1. The average Bonchev–Trinajstić information content (AvgIpc) is 3.05. The minimum atomic E-state index is -0.639. The molecule has 3 rings (SSSR count). The number of fused-ring (bicyclic) bond motifs is 1. The summed E-state index contributed by atoms with van der Waals surface area (Å²) in [6, 6.07) is 8.32. The maximum atomic E-state index is 12.7. The Morgan fingerprint density at radius 3 is 2.54 bits per heavy atom. The van der Waals surface area contributed by atoms with Crippen LogP contribution in [0.15, 0.2) is 24.3 Å². The first-order valence-corrected chi connectivity index (χ1v) is 8.80. The van der Waals surface area contributed by atoms with Gasteiger partial charge in [0.1, 0.15) is 12.2 Å². The standard InChI is InChI=1S/C19H26N2O3/c1-11(2)13-8-7-12-5-3-4-6-14(12)17(13)21-19(23)16-10-9-15(24-16)18(20)22/h3-6,11,13,15-17H,7-10H2,1-2H3,(H2,20,22)(H,21,23)/t13-,15+,16+,17+/m0/s1. The van der Waals surface area contributed by atoms with Crippen molar-refractivity contribution in [2.75, 3.05) is 0 Å². The lowest BCUT2D eigenvalue weighted by Crippen LogP contribution is -2.43. The zero-order valence-electron chi connectivity index (χ0n) is 14.3. The van der Waals surface area contributed by atoms with E-state index in [0.717, 1.165) is 12.8 Å². The Morgan fingerprint density at radius 2 is 1.88 bits per heavy atom. The number of hydrogen-bond acceptors (Lipinski definition) is 3. The minimum Gasteiger partial charge on any atom is -0.367 e. The van der Waals surface area contributed by atoms with Crippen molar-refractivity contribution in [1.82, 2.24) is 5.32 Å². The van der Waals surface area contributed by atoms with Gasteiger partial charge in [0.15, 0.2) is 0 Å². The van der Waals surface area contributed by atoms with E-state index in [1.165, 1.54) is 11.1 Å². The summed E-state index contributed by atoms with van der Waals surface area (Å²) in [5, 5.41) is 3.19. The van der Waals surface area contributed by atoms with E-state index < -0.39 is 18.1 Å². The molecule has 0 radical (unpaired) electrons. The highest BCUT2D eigenvalue weighted by Gasteiger charge is 2.37. The number of carbonyl (C=O) groups is 2. The van der Waals surface area contributed by atoms with Crippen molar-refractivity contribution in [3.63, 3.8) is 0 Å². The first-order chi connectivity index (χ1) is 11.5. The van der Waals surface area contributed by atoms with Gasteiger partial charge < -0.3 is 15.8 Å². The number of primary amides is 1. The Morgan fingerprint density at radius 1 is 1.17 bits per heavy atom. The predicted octanol–water partition coefficient (Wildman–Crippen LogP) is 2.10. The van der Waals surface area contributed by atoms with E-state index in [2.05, 4.69) is 31.3 Å². The molecule has 1 aliphatic heterocycles. The Hall–Kier alpha value is -1.88. The second-order valence-corrected chi connectivity index (χ2v) is 7.22. The molecule has 1 aliphatic carbocycles. The fraction of sp³-hybridized carbons (Fsp3) is 0.579. The summed E-state index contributed by atoms with van der Waals surface area (Å²) in [7, 11) is 0. The molecule has 5 heteroatoms. The van der Waals surface area contributed by atoms with Crippen molar-refractivity contribution < 1.29 is 14.3 Å². The maximum absolute atomic E-state index is 12.7. The van der Waals surface area contributed by atoms with Crippen molar-refractivity contribution in [1.29, 1.82) is 0 Å². The van der Waals surface area contributed by atoms with E-state index >= 15 is 0 Å². The maximum Gasteiger partial charge on any atom is 0.249 e. The summed E-state index contributed by atoms with van der Waals surface area (Å²) in [6.45, 7) is 4.40. The van der Waals surface area contributed by atoms with Crippen LogP contribution < -0.4 is 11.1 Å². The molecule has 3 N–H and O–H groups in total. The summed E-state index contributed by atoms with van der Waals surface area (Å²) in [6.07, 6.45) is 1.96. The normalized spacial score (nSPS) is 29.3. The number of carbonyl (C=O) groups excluding carboxylic acids is 2. The summed E-state index contributed by atoms with van der Waals surface area (Å²) < 4.78 is 5.52. The minimum absolute atomic E-state index is 0.00122. The Labute approximate surface area is 142 Å². The molecule has 0 aromatic heterocycles. The van der Waals surface area contributed by atoms with Crippen LogP contribution in [0.3, 0.4) is 0 Å². The quantitative estimate of drug-likeness (QED) is 0.887. The first kappa shape index (κ1) is 17.0. The number of rotatable bonds is 4. The monoisotopic (exact) mass is 330 g/mol. The van der Waals surface area contributed by atoms with E-state index in [9.17, 15) is 9.59 Å². The molecule has 0 saturated carbocycles. The fourth-order valence-electron chi connectivity index (χ4n) is 3.97. The number of hydrogen-bond donors (Lipinski definition) is 2. The van der Waals surface area contributed by atoms with E-state index in [-0.39, 0.29) is 11.9 Å². The van der Waals surface area contributed by atoms with Crippen molar-refractivity contribution in [3.8, 4) is 0 Å². The van der Waals surface area contributed by atoms with Gasteiger partial charge >= 0.3 is 0 Å². The van der Waals surface area contributed by atoms with Crippen LogP contribution in [0.4, 0.5) is 0 Å². The molecular weight excluding hydrogens is 304 g/mol. The largest absolute Gasteiger partial charge is 0.367 e. The van der Waals surface area contributed by atoms with Gasteiger partial charge in [-0.15, -0.1) is 0 Å². The van der Waals surface area contributed by atoms with Gasteiger partial charge in [0.25, 0.3) is 0 Å². The number of amides is 2. The molecule has 0 unspecified atom stereocenters. The smallest absolute Gasteiger partial charge is 0.249 e. The molecule has 2 amide bonds. The SMILES string of the molecule is CC(C)[C@@H]1CCc2ccccc2[C@@H]1NC(=O)[C@H]1CC[C@H](C(N)=O)O1. The average molecular weight is 330 g/mol. The fourth-order valence-corrected chi connectivity index (χ4v) is 3.97. The molecule has 24 heavy (non-hydrogen) atoms. The van der Waals surface area contributed by atoms with Gasteiger partial charge in [-0.25, -0.2) is 0 Å². The summed E-state index contributed by atoms with van der Waals surface area (Å²) in [5.41, 5.74) is 7.79. The number of nitrogens with one attached hydrogen (secondary N) is 1. The van der Waals surface area contributed by atoms with Crippen LogP contribution in [0.1, 0.15) is 50.3 Å². The Kier molecular flexibility index (Phi) is 4.90. The molecule has 0 bridgehead atoms. The molecule has 5 nitrogen and oxygen atoms in total. The molecular formula is C19H26N2O3. The highest BCUT2D eigenvalue weighted by atomic mass is 16.5. The second kappa shape index (κ2) is 6.93. The number of ether oxygens (including phenoxy) is 1. The highest BCUT2D eigenvalue weighted by Crippen LogP contribution is 2.38. The predicted molar refractivity (Wildman–Crippen MR) is 91.1 cm³/mol. The third kappa shape index (κ3) is 3.31. The molecule has 1 aromatic rings. The third-order valence-corrected chi connectivity index (χ3v) is 5.35. The molecule has 1 saturated heterocycles. The van der Waals surface area contributed by atoms with Crippen molar-refractivity contribution in [3.05, 3.63) is 35.4 Å². The van der Waals surface area contributed by atoms with Gasteiger partial charge in [0.05, 0.1) is 6.04 Å². The first-order valence-electron chi connectivity index (χ1n) is 8.80. The third-order valence-electron chi connectivity index (χ3n) is 5.35. The number of aryl methyl sites for hydroxylation is 1. The van der Waals surface area contributed by atoms with Gasteiger partial charge in [-0.3, -0.25) is 9.59 Å².